The van der Waals surface area contributed by atoms with Crippen molar-refractivity contribution in [1.29, 1.82) is 0 Å². The van der Waals surface area contributed by atoms with Gasteiger partial charge in [-0.25, -0.2) is 0 Å². The Kier molecular flexibility index (Phi) is 6.62. The van der Waals surface area contributed by atoms with Crippen molar-refractivity contribution < 1.29 is 30.0 Å². The molecule has 0 spiro atoms. The Bertz CT molecular complexity index is 2190. The minimum absolute atomic E-state index is 0. The third-order valence-electron chi connectivity index (χ3n) is 7.05. The largest absolute Gasteiger partial charge is 0.500 e. The molecule has 0 aliphatic rings. The number of aromatic nitrogens is 2. The Morgan fingerprint density at radius 2 is 1.68 bits per heavy atom. The summed E-state index contributed by atoms with van der Waals surface area (Å²) < 4.78 is 39.2. The predicted molar refractivity (Wildman–Crippen MR) is 163 cm³/mol. The number of hydrogen-bond donors (Lipinski definition) is 0. The molecule has 3 aromatic carbocycles. The molecule has 0 aliphatic heterocycles. The van der Waals surface area contributed by atoms with E-state index in [1.165, 1.54) is 27.1 Å². The summed E-state index contributed by atoms with van der Waals surface area (Å²) >= 11 is 1.73. The summed E-state index contributed by atoms with van der Waals surface area (Å²) in [5.41, 5.74) is 8.88. The molecule has 0 saturated heterocycles. The van der Waals surface area contributed by atoms with E-state index in [-0.39, 0.29) is 50.1 Å². The molecular formula is C35H28IrN2OS-2. The molecule has 0 N–H and O–H groups in total. The summed E-state index contributed by atoms with van der Waals surface area (Å²) in [6.07, 6.45) is 1.59. The van der Waals surface area contributed by atoms with E-state index in [0.29, 0.717) is 11.1 Å². The number of fused-ring (bicyclic) bond motifs is 5. The van der Waals surface area contributed by atoms with Gasteiger partial charge in [-0.15, -0.1) is 64.9 Å². The van der Waals surface area contributed by atoms with E-state index in [4.69, 9.17) is 9.90 Å². The summed E-state index contributed by atoms with van der Waals surface area (Å²) in [5, 5.41) is 2.94. The van der Waals surface area contributed by atoms with Crippen molar-refractivity contribution in [2.75, 3.05) is 0 Å². The predicted octanol–water partition coefficient (Wildman–Crippen LogP) is 9.75. The van der Waals surface area contributed by atoms with Crippen LogP contribution in [0.2, 0.25) is 0 Å². The Hall–Kier alpha value is -3.63. The molecular weight excluding hydrogens is 689 g/mol. The quantitative estimate of drug-likeness (QED) is 0.167. The Morgan fingerprint density at radius 3 is 2.45 bits per heavy atom. The zero-order valence-electron chi connectivity index (χ0n) is 26.7. The van der Waals surface area contributed by atoms with Gasteiger partial charge < -0.3 is 14.4 Å². The van der Waals surface area contributed by atoms with Crippen LogP contribution in [0.15, 0.2) is 83.4 Å². The first-order valence-corrected chi connectivity index (χ1v) is 13.5. The number of nitrogens with zero attached hydrogens (tertiary/aromatic N) is 2. The van der Waals surface area contributed by atoms with Crippen molar-refractivity contribution in [3.05, 3.63) is 118 Å². The fraction of sp³-hybridized carbons (Fsp3) is 0.143. The van der Waals surface area contributed by atoms with E-state index < -0.39 is 0 Å². The van der Waals surface area contributed by atoms with Gasteiger partial charge in [-0.3, -0.25) is 0 Å². The van der Waals surface area contributed by atoms with Gasteiger partial charge >= 0.3 is 0 Å². The van der Waals surface area contributed by atoms with Crippen LogP contribution >= 0.6 is 11.3 Å². The average Bonchev–Trinajstić information content (AvgIpc) is 3.52. The zero-order valence-corrected chi connectivity index (χ0v) is 26.0. The van der Waals surface area contributed by atoms with Crippen LogP contribution < -0.4 is 0 Å². The van der Waals surface area contributed by atoms with E-state index in [0.717, 1.165) is 37.7 Å². The molecule has 0 atom stereocenters. The number of thiophene rings is 1. The fourth-order valence-corrected chi connectivity index (χ4v) is 5.67. The molecule has 1 radical (unpaired) electrons. The Balaban J connectivity index is 0.000000204. The number of aryl methyl sites for hydroxylation is 5. The SMILES string of the molecule is Cc1c[c-]c(-c2cc(C)c(C)cn2)cc1.[2H]c1nc(-c2[c-]ccc3c2oc2c3ccc3sc(C)c(C)c32)c([2H])c([2H])c1[2H].[Ir]. The van der Waals surface area contributed by atoms with Gasteiger partial charge in [0.25, 0.3) is 0 Å². The molecule has 3 nitrogen and oxygen atoms in total. The van der Waals surface area contributed by atoms with E-state index >= 15 is 0 Å². The molecule has 7 aromatic rings. The minimum atomic E-state index is -0.350. The first kappa shape index (κ1) is 23.1. The number of pyridine rings is 2. The Morgan fingerprint density at radius 1 is 0.850 bits per heavy atom. The van der Waals surface area contributed by atoms with Crippen LogP contribution in [0.1, 0.15) is 32.6 Å². The molecule has 0 amide bonds. The number of hydrogen-bond acceptors (Lipinski definition) is 4. The van der Waals surface area contributed by atoms with Crippen molar-refractivity contribution in [2.45, 2.75) is 34.6 Å². The maximum atomic E-state index is 8.24. The molecule has 4 aromatic heterocycles. The molecule has 5 heteroatoms. The van der Waals surface area contributed by atoms with Gasteiger partial charge in [-0.05, 0) is 62.3 Å². The maximum Gasteiger partial charge on any atom is 0.129 e. The standard InChI is InChI=1S/C21H14NOS.C14H14N.Ir/c1-12-13(2)24-18-10-9-15-14-6-5-7-16(17-8-3-4-11-22-17)20(14)23-21(15)19(12)18;1-10-4-6-13(7-5-10)14-8-11(2)12(3)9-15-14;/h3-6,8-11H,1-2H3;4-6,8-9H,1-3H3;/q2*-1;/i3D,4D,8D,11D;;. The van der Waals surface area contributed by atoms with Gasteiger partial charge in [0.2, 0.25) is 0 Å². The molecule has 0 bridgehead atoms. The summed E-state index contributed by atoms with van der Waals surface area (Å²) in [7, 11) is 0. The maximum absolute atomic E-state index is 8.24. The summed E-state index contributed by atoms with van der Waals surface area (Å²) in [6, 6.07) is 21.5. The average molecular weight is 721 g/mol. The summed E-state index contributed by atoms with van der Waals surface area (Å²) in [6.45, 7) is 10.4. The van der Waals surface area contributed by atoms with Gasteiger partial charge in [0.05, 0.1) is 11.1 Å². The number of furan rings is 1. The van der Waals surface area contributed by atoms with Crippen LogP contribution in [0, 0.1) is 46.8 Å². The van der Waals surface area contributed by atoms with Gasteiger partial charge in [-0.2, -0.15) is 0 Å². The van der Waals surface area contributed by atoms with E-state index in [9.17, 15) is 0 Å². The van der Waals surface area contributed by atoms with Crippen LogP contribution in [-0.2, 0) is 20.1 Å². The molecule has 7 rings (SSSR count). The van der Waals surface area contributed by atoms with Crippen LogP contribution in [0.25, 0.3) is 54.5 Å². The molecule has 0 saturated carbocycles. The molecule has 201 valence electrons. The van der Waals surface area contributed by atoms with Crippen molar-refractivity contribution in [2.24, 2.45) is 0 Å². The smallest absolute Gasteiger partial charge is 0.129 e. The van der Waals surface area contributed by atoms with E-state index in [2.05, 4.69) is 81.0 Å². The van der Waals surface area contributed by atoms with Gasteiger partial charge in [0.15, 0.2) is 0 Å². The normalized spacial score (nSPS) is 12.3. The van der Waals surface area contributed by atoms with E-state index in [1.54, 1.807) is 17.4 Å². The topological polar surface area (TPSA) is 38.9 Å². The second-order valence-corrected chi connectivity index (χ2v) is 10.9. The van der Waals surface area contributed by atoms with Crippen LogP contribution in [-0.4, -0.2) is 9.97 Å². The van der Waals surface area contributed by atoms with Crippen molar-refractivity contribution in [3.8, 4) is 22.5 Å². The minimum Gasteiger partial charge on any atom is -0.500 e. The van der Waals surface area contributed by atoms with E-state index in [1.807, 2.05) is 24.4 Å². The van der Waals surface area contributed by atoms with Gasteiger partial charge in [0, 0.05) is 52.8 Å². The zero-order chi connectivity index (χ0) is 30.6. The summed E-state index contributed by atoms with van der Waals surface area (Å²) in [4.78, 5) is 9.74. The van der Waals surface area contributed by atoms with Crippen LogP contribution in [0.4, 0.5) is 0 Å². The molecule has 0 fully saturated rings. The molecule has 0 aliphatic carbocycles. The third-order valence-corrected chi connectivity index (χ3v) is 8.22. The Labute approximate surface area is 257 Å². The fourth-order valence-electron chi connectivity index (χ4n) is 4.60. The van der Waals surface area contributed by atoms with Crippen molar-refractivity contribution in [1.82, 2.24) is 9.97 Å². The summed E-state index contributed by atoms with van der Waals surface area (Å²) in [5.74, 6) is 0. The van der Waals surface area contributed by atoms with Crippen molar-refractivity contribution in [3.63, 3.8) is 0 Å². The second-order valence-electron chi connectivity index (χ2n) is 9.68. The third kappa shape index (κ3) is 5.13. The number of benzene rings is 3. The molecule has 0 unspecified atom stereocenters. The van der Waals surface area contributed by atoms with Crippen molar-refractivity contribution >= 4 is 43.4 Å². The second kappa shape index (κ2) is 11.5. The first-order valence-electron chi connectivity index (χ1n) is 14.7. The van der Waals surface area contributed by atoms with Gasteiger partial charge in [-0.1, -0.05) is 47.7 Å². The van der Waals surface area contributed by atoms with Gasteiger partial charge in [0.1, 0.15) is 5.58 Å². The van der Waals surface area contributed by atoms with Crippen LogP contribution in [0.3, 0.4) is 0 Å². The monoisotopic (exact) mass is 721 g/mol. The molecule has 40 heavy (non-hydrogen) atoms. The molecule has 4 heterocycles. The number of rotatable bonds is 2. The first-order chi connectivity index (χ1) is 20.5. The van der Waals surface area contributed by atoms with Crippen LogP contribution in [0.5, 0.6) is 0 Å².